The second-order valence-electron chi connectivity index (χ2n) is 7.70. The molecule has 3 amide bonds. The van der Waals surface area contributed by atoms with E-state index in [0.29, 0.717) is 17.9 Å². The molecular formula is C22H19N3O5. The summed E-state index contributed by atoms with van der Waals surface area (Å²) in [6.45, 7) is -0.108. The molecule has 3 aromatic rings. The van der Waals surface area contributed by atoms with Crippen molar-refractivity contribution < 1.29 is 24.2 Å². The van der Waals surface area contributed by atoms with Crippen LogP contribution in [0, 0.1) is 0 Å². The van der Waals surface area contributed by atoms with Crippen molar-refractivity contribution in [3.63, 3.8) is 0 Å². The summed E-state index contributed by atoms with van der Waals surface area (Å²) in [6, 6.07) is 12.1. The smallest absolute Gasteiger partial charge is 0.328 e. The molecule has 0 saturated carbocycles. The minimum absolute atomic E-state index is 0.00674. The number of imide groups is 1. The van der Waals surface area contributed by atoms with E-state index in [4.69, 9.17) is 9.47 Å². The van der Waals surface area contributed by atoms with E-state index in [2.05, 4.69) is 4.98 Å². The summed E-state index contributed by atoms with van der Waals surface area (Å²) in [7, 11) is 0. The Balaban J connectivity index is 1.56. The third-order valence-corrected chi connectivity index (χ3v) is 6.17. The summed E-state index contributed by atoms with van der Waals surface area (Å²) in [5, 5.41) is 10.4. The molecule has 2 atom stereocenters. The molecule has 2 aromatic carbocycles. The number of ether oxygens (including phenoxy) is 2. The van der Waals surface area contributed by atoms with Gasteiger partial charge in [-0.15, -0.1) is 0 Å². The predicted octanol–water partition coefficient (Wildman–Crippen LogP) is 2.17. The fraction of sp³-hybridized carbons (Fsp3) is 0.273. The van der Waals surface area contributed by atoms with E-state index < -0.39 is 12.1 Å². The highest BCUT2D eigenvalue weighted by molar-refractivity contribution is 6.05. The molecule has 3 aliphatic rings. The van der Waals surface area contributed by atoms with Crippen LogP contribution in [0.1, 0.15) is 22.9 Å². The number of aromatic amines is 1. The number of amides is 3. The van der Waals surface area contributed by atoms with Crippen LogP contribution in [0.25, 0.3) is 10.9 Å². The zero-order valence-electron chi connectivity index (χ0n) is 16.0. The summed E-state index contributed by atoms with van der Waals surface area (Å²) < 4.78 is 11.0. The lowest BCUT2D eigenvalue weighted by Crippen LogP contribution is -2.44. The zero-order valence-corrected chi connectivity index (χ0v) is 16.0. The first-order chi connectivity index (χ1) is 14.7. The number of para-hydroxylation sites is 1. The highest BCUT2D eigenvalue weighted by Crippen LogP contribution is 2.45. The van der Waals surface area contributed by atoms with Crippen molar-refractivity contribution in [1.82, 2.24) is 14.8 Å². The standard InChI is InChI=1S/C22H19N3O5/c26-8-7-24-21(27)16-10-14-13-3-1-2-4-15(13)23-19(14)20(25(16)22(24)28)12-5-6-17-18(9-12)30-11-29-17/h1-6,9,16,20,23,26H,7-8,10-11H2/t16-,20+/m0/s1. The second kappa shape index (κ2) is 6.24. The molecule has 1 aromatic heterocycles. The lowest BCUT2D eigenvalue weighted by Gasteiger charge is -2.36. The van der Waals surface area contributed by atoms with E-state index >= 15 is 0 Å². The number of carbonyl (C=O) groups excluding carboxylic acids is 2. The Bertz CT molecular complexity index is 1200. The van der Waals surface area contributed by atoms with Gasteiger partial charge in [0.25, 0.3) is 5.91 Å². The van der Waals surface area contributed by atoms with Gasteiger partial charge in [0.15, 0.2) is 11.5 Å². The SMILES string of the molecule is O=C1[C@@H]2Cc3c([nH]c4ccccc34)[C@@H](c3ccc4c(c3)OCO4)N2C(=O)N1CCO. The van der Waals surface area contributed by atoms with Crippen LogP contribution in [0.3, 0.4) is 0 Å². The highest BCUT2D eigenvalue weighted by Gasteiger charge is 2.52. The van der Waals surface area contributed by atoms with Crippen LogP contribution in [0.15, 0.2) is 42.5 Å². The van der Waals surface area contributed by atoms with Crippen LogP contribution in [-0.4, -0.2) is 57.8 Å². The Hall–Kier alpha value is -3.52. The molecule has 0 spiro atoms. The van der Waals surface area contributed by atoms with Crippen molar-refractivity contribution in [3.8, 4) is 11.5 Å². The molecule has 2 N–H and O–H groups in total. The molecule has 1 saturated heterocycles. The number of H-pyrrole nitrogens is 1. The van der Waals surface area contributed by atoms with Crippen molar-refractivity contribution >= 4 is 22.8 Å². The zero-order chi connectivity index (χ0) is 20.4. The summed E-state index contributed by atoms with van der Waals surface area (Å²) in [4.78, 5) is 32.6. The topological polar surface area (TPSA) is 95.1 Å². The van der Waals surface area contributed by atoms with E-state index in [1.54, 1.807) is 4.90 Å². The number of hydrogen-bond acceptors (Lipinski definition) is 5. The van der Waals surface area contributed by atoms with Gasteiger partial charge >= 0.3 is 6.03 Å². The number of nitrogens with one attached hydrogen (secondary N) is 1. The minimum atomic E-state index is -0.605. The fourth-order valence-electron chi connectivity index (χ4n) is 4.86. The molecule has 3 aliphatic heterocycles. The van der Waals surface area contributed by atoms with Gasteiger partial charge in [-0.05, 0) is 29.3 Å². The van der Waals surface area contributed by atoms with Crippen LogP contribution >= 0.6 is 0 Å². The fourth-order valence-corrected chi connectivity index (χ4v) is 4.86. The minimum Gasteiger partial charge on any atom is -0.454 e. The van der Waals surface area contributed by atoms with Crippen LogP contribution in [0.2, 0.25) is 0 Å². The number of nitrogens with zero attached hydrogens (tertiary/aromatic N) is 2. The number of rotatable bonds is 3. The highest BCUT2D eigenvalue weighted by atomic mass is 16.7. The maximum atomic E-state index is 13.2. The number of aromatic nitrogens is 1. The lowest BCUT2D eigenvalue weighted by molar-refractivity contribution is -0.128. The number of aliphatic hydroxyl groups excluding tert-OH is 1. The van der Waals surface area contributed by atoms with Crippen molar-refractivity contribution in [2.45, 2.75) is 18.5 Å². The molecule has 0 radical (unpaired) electrons. The molecular weight excluding hydrogens is 386 g/mol. The van der Waals surface area contributed by atoms with Crippen molar-refractivity contribution in [2.24, 2.45) is 0 Å². The number of benzene rings is 2. The maximum absolute atomic E-state index is 13.2. The van der Waals surface area contributed by atoms with E-state index in [0.717, 1.165) is 32.6 Å². The number of carbonyl (C=O) groups is 2. The molecule has 0 unspecified atom stereocenters. The normalized spacial score (nSPS) is 22.0. The van der Waals surface area contributed by atoms with Crippen molar-refractivity contribution in [3.05, 3.63) is 59.3 Å². The summed E-state index contributed by atoms with van der Waals surface area (Å²) in [5.41, 5.74) is 3.75. The Kier molecular flexibility index (Phi) is 3.61. The summed E-state index contributed by atoms with van der Waals surface area (Å²) in [6.07, 6.45) is 0.437. The Morgan fingerprint density at radius 2 is 1.93 bits per heavy atom. The summed E-state index contributed by atoms with van der Waals surface area (Å²) in [5.74, 6) is 1.02. The van der Waals surface area contributed by atoms with Crippen LogP contribution < -0.4 is 9.47 Å². The number of fused-ring (bicyclic) bond motifs is 5. The average Bonchev–Trinajstić information content (AvgIpc) is 3.44. The van der Waals surface area contributed by atoms with Crippen LogP contribution in [0.4, 0.5) is 4.79 Å². The second-order valence-corrected chi connectivity index (χ2v) is 7.70. The van der Waals surface area contributed by atoms with Crippen LogP contribution in [-0.2, 0) is 11.2 Å². The Morgan fingerprint density at radius 1 is 1.10 bits per heavy atom. The first kappa shape index (κ1) is 17.3. The largest absolute Gasteiger partial charge is 0.454 e. The van der Waals surface area contributed by atoms with Gasteiger partial charge in [0.1, 0.15) is 12.1 Å². The monoisotopic (exact) mass is 405 g/mol. The van der Waals surface area contributed by atoms with Gasteiger partial charge in [-0.1, -0.05) is 24.3 Å². The van der Waals surface area contributed by atoms with Crippen molar-refractivity contribution in [1.29, 1.82) is 0 Å². The van der Waals surface area contributed by atoms with Gasteiger partial charge in [0.05, 0.1) is 13.2 Å². The van der Waals surface area contributed by atoms with Gasteiger partial charge in [-0.25, -0.2) is 4.79 Å². The third kappa shape index (κ3) is 2.25. The molecule has 6 rings (SSSR count). The molecule has 0 aliphatic carbocycles. The first-order valence-corrected chi connectivity index (χ1v) is 9.91. The van der Waals surface area contributed by atoms with E-state index in [-0.39, 0.29) is 31.9 Å². The number of aliphatic hydroxyl groups is 1. The molecule has 1 fully saturated rings. The predicted molar refractivity (Wildman–Crippen MR) is 106 cm³/mol. The van der Waals surface area contributed by atoms with Gasteiger partial charge in [-0.3, -0.25) is 14.6 Å². The van der Waals surface area contributed by atoms with Gasteiger partial charge in [-0.2, -0.15) is 0 Å². The summed E-state index contributed by atoms with van der Waals surface area (Å²) >= 11 is 0. The van der Waals surface area contributed by atoms with Gasteiger partial charge < -0.3 is 19.6 Å². The van der Waals surface area contributed by atoms with Crippen LogP contribution in [0.5, 0.6) is 11.5 Å². The van der Waals surface area contributed by atoms with E-state index in [1.165, 1.54) is 0 Å². The molecule has 8 nitrogen and oxygen atoms in total. The Labute approximate surface area is 171 Å². The first-order valence-electron chi connectivity index (χ1n) is 9.91. The van der Waals surface area contributed by atoms with E-state index in [9.17, 15) is 14.7 Å². The number of β-amino-alcohol motifs (C(OH)–C–C–N with tert-alkyl or cyclic N) is 1. The number of hydrogen-bond donors (Lipinski definition) is 2. The quantitative estimate of drug-likeness (QED) is 0.652. The lowest BCUT2D eigenvalue weighted by atomic mass is 9.88. The molecule has 4 heterocycles. The molecule has 152 valence electrons. The Morgan fingerprint density at radius 3 is 2.80 bits per heavy atom. The molecule has 30 heavy (non-hydrogen) atoms. The van der Waals surface area contributed by atoms with Crippen molar-refractivity contribution in [2.75, 3.05) is 19.9 Å². The third-order valence-electron chi connectivity index (χ3n) is 6.17. The average molecular weight is 405 g/mol. The van der Waals surface area contributed by atoms with E-state index in [1.807, 2.05) is 42.5 Å². The van der Waals surface area contributed by atoms with Gasteiger partial charge in [0, 0.05) is 23.0 Å². The molecule has 8 heteroatoms. The number of urea groups is 1. The maximum Gasteiger partial charge on any atom is 0.328 e. The molecule has 0 bridgehead atoms. The van der Waals surface area contributed by atoms with Gasteiger partial charge in [0.2, 0.25) is 6.79 Å².